The van der Waals surface area contributed by atoms with Gasteiger partial charge in [-0.05, 0) is 55.7 Å². The number of methoxy groups -OCH3 is 1. The third kappa shape index (κ3) is 3.67. The van der Waals surface area contributed by atoms with Gasteiger partial charge in [0.25, 0.3) is 5.56 Å². The number of nitrogens with zero attached hydrogens (tertiary/aromatic N) is 1. The van der Waals surface area contributed by atoms with E-state index in [0.29, 0.717) is 23.3 Å². The first-order chi connectivity index (χ1) is 15.6. The number of alkyl halides is 3. The molecule has 0 amide bonds. The van der Waals surface area contributed by atoms with Gasteiger partial charge in [0.15, 0.2) is 5.75 Å². The van der Waals surface area contributed by atoms with Gasteiger partial charge in [0.2, 0.25) is 0 Å². The van der Waals surface area contributed by atoms with Crippen molar-refractivity contribution < 1.29 is 22.3 Å². The summed E-state index contributed by atoms with van der Waals surface area (Å²) in [5.74, 6) is -1.38. The SMILES string of the molecule is COc1c(-c2cc3c(s2)CCC(C(N)C(F)(F)F)C3)c(F)cc2c(=O)[nH]c(=O)n(C3CC3)c12. The molecule has 2 aliphatic carbocycles. The largest absolute Gasteiger partial charge is 0.494 e. The highest BCUT2D eigenvalue weighted by molar-refractivity contribution is 7.15. The zero-order valence-electron chi connectivity index (χ0n) is 17.6. The summed E-state index contributed by atoms with van der Waals surface area (Å²) in [7, 11) is 1.34. The highest BCUT2D eigenvalue weighted by atomic mass is 32.1. The molecule has 1 fully saturated rings. The van der Waals surface area contributed by atoms with Crippen molar-refractivity contribution >= 4 is 22.2 Å². The van der Waals surface area contributed by atoms with Gasteiger partial charge in [-0.3, -0.25) is 14.3 Å². The van der Waals surface area contributed by atoms with Crippen molar-refractivity contribution in [1.82, 2.24) is 9.55 Å². The maximum absolute atomic E-state index is 15.3. The van der Waals surface area contributed by atoms with E-state index >= 15 is 4.39 Å². The molecule has 0 radical (unpaired) electrons. The fraction of sp³-hybridized carbons (Fsp3) is 0.455. The van der Waals surface area contributed by atoms with Crippen LogP contribution in [0.3, 0.4) is 0 Å². The Hall–Kier alpha value is -2.66. The molecular formula is C22H21F4N3O3S. The molecule has 0 bridgehead atoms. The van der Waals surface area contributed by atoms with Crippen LogP contribution in [-0.4, -0.2) is 28.9 Å². The first kappa shape index (κ1) is 22.1. The van der Waals surface area contributed by atoms with E-state index < -0.39 is 35.2 Å². The summed E-state index contributed by atoms with van der Waals surface area (Å²) >= 11 is 1.28. The Bertz CT molecular complexity index is 1370. The van der Waals surface area contributed by atoms with Crippen molar-refractivity contribution in [2.75, 3.05) is 7.11 Å². The number of nitrogens with two attached hydrogens (primary N) is 1. The molecular weight excluding hydrogens is 462 g/mol. The van der Waals surface area contributed by atoms with Crippen molar-refractivity contribution in [3.63, 3.8) is 0 Å². The van der Waals surface area contributed by atoms with Gasteiger partial charge in [0, 0.05) is 15.8 Å². The van der Waals surface area contributed by atoms with Crippen molar-refractivity contribution in [3.05, 3.63) is 49.2 Å². The molecule has 3 N–H and O–H groups in total. The molecule has 2 heterocycles. The summed E-state index contributed by atoms with van der Waals surface area (Å²) in [5, 5.41) is 0.0112. The van der Waals surface area contributed by atoms with E-state index in [4.69, 9.17) is 10.5 Å². The Labute approximate surface area is 189 Å². The molecule has 2 aromatic heterocycles. The molecule has 0 saturated heterocycles. The minimum Gasteiger partial charge on any atom is -0.494 e. The van der Waals surface area contributed by atoms with Crippen LogP contribution >= 0.6 is 11.3 Å². The Morgan fingerprint density at radius 1 is 1.24 bits per heavy atom. The molecule has 2 unspecified atom stereocenters. The number of hydrogen-bond donors (Lipinski definition) is 2. The predicted molar refractivity (Wildman–Crippen MR) is 116 cm³/mol. The van der Waals surface area contributed by atoms with Crippen LogP contribution < -0.4 is 21.7 Å². The number of hydrogen-bond acceptors (Lipinski definition) is 5. The second kappa shape index (κ2) is 7.69. The molecule has 1 saturated carbocycles. The van der Waals surface area contributed by atoms with Crippen LogP contribution in [0, 0.1) is 11.7 Å². The molecule has 2 atom stereocenters. The van der Waals surface area contributed by atoms with Gasteiger partial charge < -0.3 is 10.5 Å². The van der Waals surface area contributed by atoms with Gasteiger partial charge in [-0.2, -0.15) is 13.2 Å². The quantitative estimate of drug-likeness (QED) is 0.551. The van der Waals surface area contributed by atoms with Crippen molar-refractivity contribution in [2.45, 2.75) is 50.4 Å². The smallest absolute Gasteiger partial charge is 0.403 e. The maximum Gasteiger partial charge on any atom is 0.403 e. The lowest BCUT2D eigenvalue weighted by Crippen LogP contribution is -2.45. The number of thiophene rings is 1. The average molecular weight is 483 g/mol. The van der Waals surface area contributed by atoms with Crippen molar-refractivity contribution in [1.29, 1.82) is 0 Å². The third-order valence-corrected chi connectivity index (χ3v) is 7.76. The summed E-state index contributed by atoms with van der Waals surface area (Å²) in [4.78, 5) is 28.5. The van der Waals surface area contributed by atoms with Crippen molar-refractivity contribution in [3.8, 4) is 16.2 Å². The molecule has 1 aromatic carbocycles. The highest BCUT2D eigenvalue weighted by Crippen LogP contribution is 2.46. The zero-order chi connectivity index (χ0) is 23.7. The number of aromatic amines is 1. The summed E-state index contributed by atoms with van der Waals surface area (Å²) in [5.41, 5.74) is 5.19. The average Bonchev–Trinajstić information content (AvgIpc) is 3.49. The first-order valence-electron chi connectivity index (χ1n) is 10.6. The third-order valence-electron chi connectivity index (χ3n) is 6.50. The van der Waals surface area contributed by atoms with Crippen LogP contribution in [0.15, 0.2) is 21.7 Å². The Morgan fingerprint density at radius 3 is 2.61 bits per heavy atom. The van der Waals surface area contributed by atoms with Gasteiger partial charge in [0.05, 0.1) is 18.1 Å². The van der Waals surface area contributed by atoms with E-state index in [0.717, 1.165) is 23.8 Å². The highest BCUT2D eigenvalue weighted by Gasteiger charge is 2.43. The minimum absolute atomic E-state index is 0.0112. The predicted octanol–water partition coefficient (Wildman–Crippen LogP) is 3.90. The lowest BCUT2D eigenvalue weighted by molar-refractivity contribution is -0.159. The number of ether oxygens (including phenoxy) is 1. The van der Waals surface area contributed by atoms with E-state index in [9.17, 15) is 22.8 Å². The topological polar surface area (TPSA) is 90.1 Å². The van der Waals surface area contributed by atoms with Gasteiger partial charge in [-0.1, -0.05) is 0 Å². The number of rotatable bonds is 4. The standard InChI is InChI=1S/C22H21F4N3O3S/c1-32-18-16(13(23)8-12-17(18)29(11-3-4-11)21(31)28-20(12)30)15-7-10-6-9(2-5-14(10)33-15)19(27)22(24,25)26/h7-9,11,19H,2-6,27H2,1H3,(H,28,30,31). The number of aromatic nitrogens is 2. The normalized spacial score (nSPS) is 19.5. The summed E-state index contributed by atoms with van der Waals surface area (Å²) in [6, 6.07) is 0.742. The van der Waals surface area contributed by atoms with Gasteiger partial charge in [-0.25, -0.2) is 9.18 Å². The molecule has 3 aromatic rings. The van der Waals surface area contributed by atoms with Crippen LogP contribution in [0.5, 0.6) is 5.75 Å². The van der Waals surface area contributed by atoms with Gasteiger partial charge >= 0.3 is 11.9 Å². The van der Waals surface area contributed by atoms with Crippen molar-refractivity contribution in [2.24, 2.45) is 11.7 Å². The van der Waals surface area contributed by atoms with Crippen LogP contribution in [0.25, 0.3) is 21.3 Å². The molecule has 6 nitrogen and oxygen atoms in total. The molecule has 5 rings (SSSR count). The maximum atomic E-state index is 15.3. The fourth-order valence-corrected chi connectivity index (χ4v) is 5.97. The molecule has 0 spiro atoms. The summed E-state index contributed by atoms with van der Waals surface area (Å²) in [6.07, 6.45) is -2.11. The van der Waals surface area contributed by atoms with Crippen LogP contribution in [0.2, 0.25) is 0 Å². The lowest BCUT2D eigenvalue weighted by atomic mass is 9.83. The van der Waals surface area contributed by atoms with E-state index in [-0.39, 0.29) is 34.7 Å². The van der Waals surface area contributed by atoms with Crippen LogP contribution in [-0.2, 0) is 12.8 Å². The molecule has 0 aliphatic heterocycles. The first-order valence-corrected chi connectivity index (χ1v) is 11.4. The second-order valence-electron chi connectivity index (χ2n) is 8.65. The van der Waals surface area contributed by atoms with E-state index in [1.807, 2.05) is 0 Å². The Kier molecular flexibility index (Phi) is 5.16. The number of fused-ring (bicyclic) bond motifs is 2. The summed E-state index contributed by atoms with van der Waals surface area (Å²) < 4.78 is 61.6. The number of H-pyrrole nitrogens is 1. The minimum atomic E-state index is -4.48. The molecule has 11 heteroatoms. The number of aryl methyl sites for hydroxylation is 1. The van der Waals surface area contributed by atoms with Crippen LogP contribution in [0.4, 0.5) is 17.6 Å². The number of nitrogens with one attached hydrogen (secondary N) is 1. The summed E-state index contributed by atoms with van der Waals surface area (Å²) in [6.45, 7) is 0. The Balaban J connectivity index is 1.66. The fourth-order valence-electron chi connectivity index (χ4n) is 4.71. The lowest BCUT2D eigenvalue weighted by Gasteiger charge is -2.28. The monoisotopic (exact) mass is 483 g/mol. The molecule has 176 valence electrons. The second-order valence-corrected chi connectivity index (χ2v) is 9.79. The van der Waals surface area contributed by atoms with E-state index in [1.165, 1.54) is 23.0 Å². The van der Waals surface area contributed by atoms with E-state index in [1.54, 1.807) is 6.07 Å². The number of benzene rings is 1. The molecule has 33 heavy (non-hydrogen) atoms. The number of halogens is 4. The van der Waals surface area contributed by atoms with Gasteiger partial charge in [0.1, 0.15) is 17.4 Å². The Morgan fingerprint density at radius 2 is 1.97 bits per heavy atom. The van der Waals surface area contributed by atoms with E-state index in [2.05, 4.69) is 4.98 Å². The zero-order valence-corrected chi connectivity index (χ0v) is 18.4. The molecule has 2 aliphatic rings. The van der Waals surface area contributed by atoms with Gasteiger partial charge in [-0.15, -0.1) is 11.3 Å². The van der Waals surface area contributed by atoms with Crippen LogP contribution in [0.1, 0.15) is 35.7 Å².